The second-order valence-corrected chi connectivity index (χ2v) is 7.48. The smallest absolute Gasteiger partial charge is 0.409 e. The monoisotopic (exact) mass is 427 g/mol. The first kappa shape index (κ1) is 21.9. The van der Waals surface area contributed by atoms with Crippen molar-refractivity contribution >= 4 is 17.9 Å². The number of rotatable bonds is 6. The van der Waals surface area contributed by atoms with Gasteiger partial charge in [-0.3, -0.25) is 9.59 Å². The predicted molar refractivity (Wildman–Crippen MR) is 112 cm³/mol. The van der Waals surface area contributed by atoms with Crippen molar-refractivity contribution in [2.45, 2.75) is 32.9 Å². The van der Waals surface area contributed by atoms with Crippen LogP contribution in [0, 0.1) is 0 Å². The maximum atomic E-state index is 13.1. The second-order valence-electron chi connectivity index (χ2n) is 7.48. The molecule has 9 nitrogen and oxygen atoms in total. The van der Waals surface area contributed by atoms with E-state index in [1.54, 1.807) is 25.2 Å². The Hall–Kier alpha value is -3.75. The third-order valence-corrected chi connectivity index (χ3v) is 5.17. The zero-order valence-corrected chi connectivity index (χ0v) is 17.4. The number of carbonyl (C=O) groups is 3. The minimum atomic E-state index is -0.930. The number of fused-ring (bicyclic) bond motifs is 1. The molecular weight excluding hydrogens is 402 g/mol. The van der Waals surface area contributed by atoms with Crippen molar-refractivity contribution in [3.8, 4) is 17.2 Å². The van der Waals surface area contributed by atoms with Crippen molar-refractivity contribution in [3.63, 3.8) is 0 Å². The van der Waals surface area contributed by atoms with Gasteiger partial charge in [-0.1, -0.05) is 19.4 Å². The number of hydrogen-bond acceptors (Lipinski definition) is 6. The Morgan fingerprint density at radius 1 is 1.06 bits per heavy atom. The van der Waals surface area contributed by atoms with E-state index in [1.807, 2.05) is 6.92 Å². The number of aromatic hydroxyl groups is 2. The largest absolute Gasteiger partial charge is 0.507 e. The molecular formula is C22H25N3O6. The van der Waals surface area contributed by atoms with Gasteiger partial charge in [0.05, 0.1) is 11.1 Å². The van der Waals surface area contributed by atoms with Crippen molar-refractivity contribution in [1.82, 2.24) is 9.80 Å². The van der Waals surface area contributed by atoms with Crippen LogP contribution in [-0.2, 0) is 13.1 Å². The molecule has 3 amide bonds. The molecule has 2 aromatic carbocycles. The zero-order valence-electron chi connectivity index (χ0n) is 17.4. The fourth-order valence-electron chi connectivity index (χ4n) is 3.49. The van der Waals surface area contributed by atoms with Gasteiger partial charge in [0.25, 0.3) is 11.8 Å². The molecule has 164 valence electrons. The number of hydrogen-bond donors (Lipinski definition) is 3. The highest BCUT2D eigenvalue weighted by Crippen LogP contribution is 2.33. The fourth-order valence-corrected chi connectivity index (χ4v) is 3.49. The minimum Gasteiger partial charge on any atom is -0.507 e. The molecule has 0 radical (unpaired) electrons. The summed E-state index contributed by atoms with van der Waals surface area (Å²) in [6.07, 6.45) is 0.784. The van der Waals surface area contributed by atoms with Crippen LogP contribution in [0.4, 0.5) is 4.79 Å². The molecule has 1 heterocycles. The van der Waals surface area contributed by atoms with Gasteiger partial charge in [-0.15, -0.1) is 0 Å². The van der Waals surface area contributed by atoms with E-state index in [2.05, 4.69) is 0 Å². The van der Waals surface area contributed by atoms with Crippen molar-refractivity contribution in [1.29, 1.82) is 0 Å². The Bertz CT molecular complexity index is 1040. The minimum absolute atomic E-state index is 0.0476. The molecule has 0 unspecified atom stereocenters. The Morgan fingerprint density at radius 2 is 1.74 bits per heavy atom. The molecule has 1 aliphatic rings. The molecule has 0 atom stereocenters. The Balaban J connectivity index is 1.83. The van der Waals surface area contributed by atoms with E-state index in [4.69, 9.17) is 10.5 Å². The van der Waals surface area contributed by atoms with E-state index < -0.39 is 23.7 Å². The molecule has 1 aliphatic heterocycles. The predicted octanol–water partition coefficient (Wildman–Crippen LogP) is 2.58. The number of phenolic OH excluding ortho intramolecular Hbond substituents is 2. The summed E-state index contributed by atoms with van der Waals surface area (Å²) in [4.78, 5) is 39.7. The fraction of sp³-hybridized carbons (Fsp3) is 0.318. The topological polar surface area (TPSA) is 133 Å². The summed E-state index contributed by atoms with van der Waals surface area (Å²) < 4.78 is 4.87. The molecule has 0 spiro atoms. The lowest BCUT2D eigenvalue weighted by Crippen LogP contribution is -2.29. The first-order valence-electron chi connectivity index (χ1n) is 9.91. The average Bonchev–Trinajstić information content (AvgIpc) is 3.14. The Kier molecular flexibility index (Phi) is 6.33. The van der Waals surface area contributed by atoms with Gasteiger partial charge in [0.1, 0.15) is 17.2 Å². The van der Waals surface area contributed by atoms with Gasteiger partial charge < -0.3 is 30.5 Å². The number of phenols is 2. The van der Waals surface area contributed by atoms with Gasteiger partial charge in [-0.2, -0.15) is 0 Å². The highest BCUT2D eigenvalue weighted by molar-refractivity contribution is 6.03. The standard InChI is InChI=1S/C22H25N3O6/c1-3-4-7-24(2)20(28)16-9-17(19(27)10-18(16)26)21(29)25-11-13-5-6-15(31-22(23)30)8-14(13)12-25/h5-6,8-10,26-27H,3-4,7,11-12H2,1-2H3,(H2,23,30). The molecule has 0 fully saturated rings. The van der Waals surface area contributed by atoms with Crippen molar-refractivity contribution in [3.05, 3.63) is 52.6 Å². The third-order valence-electron chi connectivity index (χ3n) is 5.17. The van der Waals surface area contributed by atoms with E-state index in [0.717, 1.165) is 30.0 Å². The van der Waals surface area contributed by atoms with E-state index >= 15 is 0 Å². The summed E-state index contributed by atoms with van der Waals surface area (Å²) in [7, 11) is 1.62. The van der Waals surface area contributed by atoms with Crippen LogP contribution in [-0.4, -0.2) is 51.5 Å². The lowest BCUT2D eigenvalue weighted by atomic mass is 10.1. The molecule has 0 bridgehead atoms. The van der Waals surface area contributed by atoms with E-state index in [9.17, 15) is 24.6 Å². The summed E-state index contributed by atoms with van der Waals surface area (Å²) >= 11 is 0. The van der Waals surface area contributed by atoms with Crippen molar-refractivity contribution in [2.75, 3.05) is 13.6 Å². The van der Waals surface area contributed by atoms with Crippen LogP contribution >= 0.6 is 0 Å². The maximum Gasteiger partial charge on any atom is 0.409 e. The second kappa shape index (κ2) is 8.95. The molecule has 0 saturated carbocycles. The number of carbonyl (C=O) groups excluding carboxylic acids is 3. The van der Waals surface area contributed by atoms with Crippen LogP contribution in [0.15, 0.2) is 30.3 Å². The number of ether oxygens (including phenoxy) is 1. The molecule has 0 saturated heterocycles. The zero-order chi connectivity index (χ0) is 22.7. The summed E-state index contributed by atoms with van der Waals surface area (Å²) in [5, 5.41) is 20.4. The van der Waals surface area contributed by atoms with Gasteiger partial charge in [0.2, 0.25) is 0 Å². The molecule has 9 heteroatoms. The summed E-state index contributed by atoms with van der Waals surface area (Å²) in [6.45, 7) is 3.02. The maximum absolute atomic E-state index is 13.1. The van der Waals surface area contributed by atoms with Crippen LogP contribution in [0.2, 0.25) is 0 Å². The van der Waals surface area contributed by atoms with Gasteiger partial charge >= 0.3 is 6.09 Å². The van der Waals surface area contributed by atoms with Crippen LogP contribution in [0.1, 0.15) is 51.6 Å². The van der Waals surface area contributed by atoms with Gasteiger partial charge in [0.15, 0.2) is 0 Å². The van der Waals surface area contributed by atoms with Crippen LogP contribution in [0.25, 0.3) is 0 Å². The van der Waals surface area contributed by atoms with Crippen molar-refractivity contribution < 1.29 is 29.3 Å². The quantitative estimate of drug-likeness (QED) is 0.649. The third kappa shape index (κ3) is 4.71. The number of nitrogens with zero attached hydrogens (tertiary/aromatic N) is 2. The lowest BCUT2D eigenvalue weighted by Gasteiger charge is -2.20. The SMILES string of the molecule is CCCCN(C)C(=O)c1cc(C(=O)N2Cc3ccc(OC(N)=O)cc3C2)c(O)cc1O. The molecule has 4 N–H and O–H groups in total. The van der Waals surface area contributed by atoms with Crippen molar-refractivity contribution in [2.24, 2.45) is 5.73 Å². The Morgan fingerprint density at radius 3 is 2.42 bits per heavy atom. The summed E-state index contributed by atoms with van der Waals surface area (Å²) in [6, 6.07) is 7.17. The summed E-state index contributed by atoms with van der Waals surface area (Å²) in [5.74, 6) is -1.45. The van der Waals surface area contributed by atoms with Crippen LogP contribution in [0.5, 0.6) is 17.2 Å². The van der Waals surface area contributed by atoms with Crippen LogP contribution in [0.3, 0.4) is 0 Å². The normalized spacial score (nSPS) is 12.4. The lowest BCUT2D eigenvalue weighted by molar-refractivity contribution is 0.0748. The number of unbranched alkanes of at least 4 members (excludes halogenated alkanes) is 1. The Labute approximate surface area is 179 Å². The molecule has 2 aromatic rings. The first-order chi connectivity index (χ1) is 14.7. The number of nitrogens with two attached hydrogens (primary N) is 1. The average molecular weight is 427 g/mol. The first-order valence-corrected chi connectivity index (χ1v) is 9.91. The molecule has 31 heavy (non-hydrogen) atoms. The number of benzene rings is 2. The van der Waals surface area contributed by atoms with Crippen LogP contribution < -0.4 is 10.5 Å². The molecule has 0 aliphatic carbocycles. The number of amides is 3. The van der Waals surface area contributed by atoms with Gasteiger partial charge in [0, 0.05) is 32.7 Å². The van der Waals surface area contributed by atoms with Gasteiger partial charge in [-0.25, -0.2) is 4.79 Å². The highest BCUT2D eigenvalue weighted by atomic mass is 16.5. The van der Waals surface area contributed by atoms with E-state index in [0.29, 0.717) is 6.54 Å². The molecule has 3 rings (SSSR count). The number of primary amides is 1. The molecule has 0 aromatic heterocycles. The highest BCUT2D eigenvalue weighted by Gasteiger charge is 2.28. The van der Waals surface area contributed by atoms with E-state index in [-0.39, 0.29) is 35.7 Å². The summed E-state index contributed by atoms with van der Waals surface area (Å²) in [5.41, 5.74) is 6.55. The van der Waals surface area contributed by atoms with Gasteiger partial charge in [-0.05, 0) is 35.7 Å². The van der Waals surface area contributed by atoms with E-state index in [1.165, 1.54) is 15.9 Å².